The maximum absolute atomic E-state index is 13.0. The van der Waals surface area contributed by atoms with Crippen molar-refractivity contribution < 1.29 is 4.42 Å². The van der Waals surface area contributed by atoms with Crippen molar-refractivity contribution >= 4 is 23.5 Å². The molecule has 0 bridgehead atoms. The molecule has 0 amide bonds. The summed E-state index contributed by atoms with van der Waals surface area (Å²) in [7, 11) is 0. The molecular weight excluding hydrogens is 386 g/mol. The highest BCUT2D eigenvalue weighted by Crippen LogP contribution is 2.12. The highest BCUT2D eigenvalue weighted by atomic mass is 35.5. The highest BCUT2D eigenvalue weighted by molar-refractivity contribution is 6.30. The summed E-state index contributed by atoms with van der Waals surface area (Å²) in [6.07, 6.45) is 2.79. The number of aliphatic imine (C=N–C) groups is 1. The molecule has 2 aromatic heterocycles. The first-order valence-electron chi connectivity index (χ1n) is 8.26. The van der Waals surface area contributed by atoms with Crippen molar-refractivity contribution in [3.05, 3.63) is 74.4 Å². The fraction of sp³-hybridized carbons (Fsp3) is 0.176. The number of benzene rings is 1. The molecular formula is C17H18ClN7O3. The number of nitrogens with one attached hydrogen (secondary N) is 1. The molecule has 0 unspecified atom stereocenters. The number of nitrogens with zero attached hydrogens (tertiary/aromatic N) is 4. The van der Waals surface area contributed by atoms with Crippen LogP contribution in [0.1, 0.15) is 5.56 Å². The number of guanidine groups is 1. The minimum atomic E-state index is -0.691. The van der Waals surface area contributed by atoms with Crippen LogP contribution in [0.2, 0.25) is 5.02 Å². The van der Waals surface area contributed by atoms with Crippen LogP contribution in [0.4, 0.5) is 5.95 Å². The van der Waals surface area contributed by atoms with Gasteiger partial charge in [-0.3, -0.25) is 4.99 Å². The summed E-state index contributed by atoms with van der Waals surface area (Å²) < 4.78 is 7.34. The van der Waals surface area contributed by atoms with Crippen molar-refractivity contribution in [1.82, 2.24) is 14.1 Å². The molecule has 0 saturated carbocycles. The summed E-state index contributed by atoms with van der Waals surface area (Å²) in [5.74, 6) is 0.00918. The van der Waals surface area contributed by atoms with Crippen molar-refractivity contribution in [2.45, 2.75) is 6.54 Å². The Morgan fingerprint density at radius 1 is 1.21 bits per heavy atom. The molecule has 1 aromatic carbocycles. The topological polar surface area (TPSA) is 146 Å². The molecule has 0 fully saturated rings. The number of anilines is 1. The molecule has 0 aliphatic rings. The Labute approximate surface area is 164 Å². The zero-order valence-corrected chi connectivity index (χ0v) is 15.5. The van der Waals surface area contributed by atoms with Gasteiger partial charge in [-0.1, -0.05) is 23.7 Å². The van der Waals surface area contributed by atoms with Gasteiger partial charge in [-0.05, 0) is 17.7 Å². The van der Waals surface area contributed by atoms with Gasteiger partial charge in [0.1, 0.15) is 6.26 Å². The van der Waals surface area contributed by atoms with Gasteiger partial charge < -0.3 is 21.2 Å². The second-order valence-electron chi connectivity index (χ2n) is 5.76. The quantitative estimate of drug-likeness (QED) is 0.293. The fourth-order valence-corrected chi connectivity index (χ4v) is 2.62. The number of hydrogen-bond donors (Lipinski definition) is 3. The van der Waals surface area contributed by atoms with E-state index in [4.69, 9.17) is 27.5 Å². The molecule has 0 saturated heterocycles. The molecule has 146 valence electrons. The van der Waals surface area contributed by atoms with Crippen LogP contribution in [0.25, 0.3) is 5.69 Å². The third kappa shape index (κ3) is 4.41. The maximum Gasteiger partial charge on any atom is 0.355 e. The monoisotopic (exact) mass is 403 g/mol. The average molecular weight is 404 g/mol. The lowest BCUT2D eigenvalue weighted by molar-refractivity contribution is 0.562. The lowest BCUT2D eigenvalue weighted by atomic mass is 10.2. The predicted molar refractivity (Wildman–Crippen MR) is 106 cm³/mol. The van der Waals surface area contributed by atoms with Crippen molar-refractivity contribution in [2.24, 2.45) is 16.5 Å². The molecule has 10 nitrogen and oxygen atoms in total. The summed E-state index contributed by atoms with van der Waals surface area (Å²) in [5, 5.41) is 3.46. The molecule has 2 heterocycles. The van der Waals surface area contributed by atoms with Crippen molar-refractivity contribution in [3.8, 4) is 5.69 Å². The van der Waals surface area contributed by atoms with Gasteiger partial charge in [0.15, 0.2) is 5.96 Å². The Morgan fingerprint density at radius 2 is 1.96 bits per heavy atom. The molecule has 0 spiro atoms. The lowest BCUT2D eigenvalue weighted by Crippen LogP contribution is -2.42. The minimum Gasteiger partial charge on any atom is -0.470 e. The summed E-state index contributed by atoms with van der Waals surface area (Å²) in [6, 6.07) is 8.42. The van der Waals surface area contributed by atoms with Gasteiger partial charge in [0.05, 0.1) is 25.0 Å². The van der Waals surface area contributed by atoms with Gasteiger partial charge in [-0.15, -0.1) is 0 Å². The Bertz CT molecular complexity index is 1080. The molecule has 28 heavy (non-hydrogen) atoms. The fourth-order valence-electron chi connectivity index (χ4n) is 2.49. The second-order valence-corrected chi connectivity index (χ2v) is 6.20. The van der Waals surface area contributed by atoms with E-state index < -0.39 is 11.4 Å². The molecule has 3 aromatic rings. The number of nitrogens with two attached hydrogens (primary N) is 2. The van der Waals surface area contributed by atoms with E-state index in [1.165, 1.54) is 17.1 Å². The third-order valence-corrected chi connectivity index (χ3v) is 4.03. The largest absolute Gasteiger partial charge is 0.470 e. The summed E-state index contributed by atoms with van der Waals surface area (Å²) in [5.41, 5.74) is 10.5. The van der Waals surface area contributed by atoms with Gasteiger partial charge in [0, 0.05) is 17.6 Å². The van der Waals surface area contributed by atoms with Crippen LogP contribution in [0.5, 0.6) is 0 Å². The predicted octanol–water partition coefficient (Wildman–Crippen LogP) is 0.374. The van der Waals surface area contributed by atoms with E-state index in [1.54, 1.807) is 30.3 Å². The SMILES string of the molecule is NC(N)=NCCNc1nc(=O)n(Cc2ccc(Cl)cc2)c(=O)n1-c1ccoc1. The first-order chi connectivity index (χ1) is 13.5. The van der Waals surface area contributed by atoms with Crippen LogP contribution < -0.4 is 28.2 Å². The number of furan rings is 1. The van der Waals surface area contributed by atoms with Crippen molar-refractivity contribution in [1.29, 1.82) is 0 Å². The van der Waals surface area contributed by atoms with Crippen LogP contribution in [-0.4, -0.2) is 33.2 Å². The Morgan fingerprint density at radius 3 is 2.61 bits per heavy atom. The second kappa shape index (κ2) is 8.44. The summed E-state index contributed by atoms with van der Waals surface area (Å²) in [6.45, 7) is 0.564. The van der Waals surface area contributed by atoms with Crippen LogP contribution in [-0.2, 0) is 6.54 Å². The van der Waals surface area contributed by atoms with Crippen LogP contribution >= 0.6 is 11.6 Å². The Kier molecular flexibility index (Phi) is 5.80. The van der Waals surface area contributed by atoms with Crippen LogP contribution in [0, 0.1) is 0 Å². The van der Waals surface area contributed by atoms with Crippen LogP contribution in [0.15, 0.2) is 61.9 Å². The highest BCUT2D eigenvalue weighted by Gasteiger charge is 2.15. The molecule has 11 heteroatoms. The Hall–Kier alpha value is -3.53. The molecule has 0 atom stereocenters. The maximum atomic E-state index is 13.0. The molecule has 3 rings (SSSR count). The zero-order valence-electron chi connectivity index (χ0n) is 14.7. The van der Waals surface area contributed by atoms with Gasteiger partial charge in [0.2, 0.25) is 5.95 Å². The molecule has 0 aliphatic heterocycles. The normalized spacial score (nSPS) is 10.6. The van der Waals surface area contributed by atoms with E-state index in [1.807, 2.05) is 0 Å². The van der Waals surface area contributed by atoms with E-state index in [9.17, 15) is 9.59 Å². The van der Waals surface area contributed by atoms with Crippen molar-refractivity contribution in [3.63, 3.8) is 0 Å². The van der Waals surface area contributed by atoms with Crippen LogP contribution in [0.3, 0.4) is 0 Å². The van der Waals surface area contributed by atoms with E-state index >= 15 is 0 Å². The molecule has 0 radical (unpaired) electrons. The number of rotatable bonds is 7. The van der Waals surface area contributed by atoms with Gasteiger partial charge in [-0.25, -0.2) is 18.7 Å². The number of hydrogen-bond acceptors (Lipinski definition) is 6. The molecule has 5 N–H and O–H groups in total. The average Bonchev–Trinajstić information content (AvgIpc) is 3.17. The van der Waals surface area contributed by atoms with E-state index in [0.29, 0.717) is 10.7 Å². The van der Waals surface area contributed by atoms with E-state index in [0.717, 1.165) is 10.1 Å². The Balaban J connectivity index is 2.00. The van der Waals surface area contributed by atoms with Gasteiger partial charge in [-0.2, -0.15) is 4.98 Å². The standard InChI is InChI=1S/C17H18ClN7O3/c18-12-3-1-11(2-4-12)9-24-16(26)23-15(22-7-6-21-14(19)20)25(17(24)27)13-5-8-28-10-13/h1-5,8,10H,6-7,9H2,(H4,19,20,21)(H,22,23,26). The van der Waals surface area contributed by atoms with Crippen molar-refractivity contribution in [2.75, 3.05) is 18.4 Å². The molecule has 0 aliphatic carbocycles. The first kappa shape index (κ1) is 19.2. The number of aromatic nitrogens is 3. The van der Waals surface area contributed by atoms with Gasteiger partial charge in [0.25, 0.3) is 0 Å². The van der Waals surface area contributed by atoms with E-state index in [-0.39, 0.29) is 31.5 Å². The van der Waals surface area contributed by atoms with E-state index in [2.05, 4.69) is 15.3 Å². The number of halogens is 1. The summed E-state index contributed by atoms with van der Waals surface area (Å²) >= 11 is 5.88. The lowest BCUT2D eigenvalue weighted by Gasteiger charge is -2.14. The van der Waals surface area contributed by atoms with Gasteiger partial charge >= 0.3 is 11.4 Å². The summed E-state index contributed by atoms with van der Waals surface area (Å²) in [4.78, 5) is 33.3. The smallest absolute Gasteiger partial charge is 0.355 e. The first-order valence-corrected chi connectivity index (χ1v) is 8.63. The minimum absolute atomic E-state index is 0.0496. The third-order valence-electron chi connectivity index (χ3n) is 3.77. The zero-order chi connectivity index (χ0) is 20.1.